The fourth-order valence-corrected chi connectivity index (χ4v) is 3.28. The van der Waals surface area contributed by atoms with E-state index < -0.39 is 12.0 Å². The van der Waals surface area contributed by atoms with Crippen LogP contribution in [0.15, 0.2) is 29.6 Å². The summed E-state index contributed by atoms with van der Waals surface area (Å²) < 4.78 is 5.61. The Bertz CT molecular complexity index is 756. The first-order chi connectivity index (χ1) is 11.6. The summed E-state index contributed by atoms with van der Waals surface area (Å²) in [7, 11) is 0. The number of carbonyl (C=O) groups excluding carboxylic acids is 1. The zero-order valence-electron chi connectivity index (χ0n) is 13.9. The predicted octanol–water partition coefficient (Wildman–Crippen LogP) is 4.11. The number of Topliss-reactive ketones (excluding diaryl/α,β-unsaturated/α-hetero) is 1. The number of aromatic nitrogens is 1. The maximum absolute atomic E-state index is 12.5. The minimum Gasteiger partial charge on any atom is -0.370 e. The average molecular weight is 340 g/mol. The molecule has 1 fully saturated rings. The van der Waals surface area contributed by atoms with Gasteiger partial charge in [-0.05, 0) is 32.6 Å². The molecule has 2 aromatic rings. The maximum Gasteiger partial charge on any atom is 0.185 e. The largest absolute Gasteiger partial charge is 0.370 e. The third kappa shape index (κ3) is 3.89. The summed E-state index contributed by atoms with van der Waals surface area (Å²) in [5.41, 5.74) is 2.97. The second-order valence-corrected chi connectivity index (χ2v) is 7.21. The number of hydrogen-bond acceptors (Lipinski definition) is 5. The van der Waals surface area contributed by atoms with Crippen LogP contribution in [0.25, 0.3) is 11.3 Å². The lowest BCUT2D eigenvalue weighted by Crippen LogP contribution is -2.27. The van der Waals surface area contributed by atoms with Gasteiger partial charge in [0, 0.05) is 10.9 Å². The van der Waals surface area contributed by atoms with Gasteiger partial charge in [0.2, 0.25) is 0 Å². The molecule has 1 aromatic carbocycles. The molecule has 0 radical (unpaired) electrons. The molecular weight excluding hydrogens is 320 g/mol. The molecule has 0 spiro atoms. The van der Waals surface area contributed by atoms with E-state index in [4.69, 9.17) is 4.74 Å². The molecule has 24 heavy (non-hydrogen) atoms. The molecule has 1 heterocycles. The molecule has 0 unspecified atom stereocenters. The summed E-state index contributed by atoms with van der Waals surface area (Å²) in [6.45, 7) is 4.37. The Morgan fingerprint density at radius 2 is 2.12 bits per heavy atom. The standard InChI is InChI=1S/C19H20N2O2S/c1-12-3-7-15(8-4-12)17-11-24-19(21-17)16(9-20)18(22)13(2)23-10-14-5-6-14/h3-4,7-8,11,13-14,16H,5-6,10H2,1-2H3/t13-,16-/m0/s1. The Morgan fingerprint density at radius 3 is 2.75 bits per heavy atom. The molecule has 4 nitrogen and oxygen atoms in total. The number of thiazole rings is 1. The highest BCUT2D eigenvalue weighted by Gasteiger charge is 2.30. The van der Waals surface area contributed by atoms with Crippen LogP contribution in [0.1, 0.15) is 36.3 Å². The van der Waals surface area contributed by atoms with Crippen molar-refractivity contribution in [2.24, 2.45) is 5.92 Å². The van der Waals surface area contributed by atoms with Gasteiger partial charge < -0.3 is 4.74 Å². The minimum absolute atomic E-state index is 0.206. The molecule has 0 N–H and O–H groups in total. The fourth-order valence-electron chi connectivity index (χ4n) is 2.40. The van der Waals surface area contributed by atoms with Gasteiger partial charge in [-0.3, -0.25) is 4.79 Å². The van der Waals surface area contributed by atoms with Gasteiger partial charge in [0.1, 0.15) is 11.1 Å². The average Bonchev–Trinajstić information content (AvgIpc) is 3.30. The van der Waals surface area contributed by atoms with Gasteiger partial charge in [-0.15, -0.1) is 11.3 Å². The molecule has 0 saturated heterocycles. The Labute approximate surface area is 146 Å². The summed E-state index contributed by atoms with van der Waals surface area (Å²) in [4.78, 5) is 17.0. The van der Waals surface area contributed by atoms with Crippen molar-refractivity contribution >= 4 is 17.1 Å². The number of carbonyl (C=O) groups is 1. The third-order valence-electron chi connectivity index (χ3n) is 4.21. The molecule has 124 valence electrons. The van der Waals surface area contributed by atoms with Crippen molar-refractivity contribution in [1.82, 2.24) is 4.98 Å². The number of nitriles is 1. The highest BCUT2D eigenvalue weighted by molar-refractivity contribution is 7.10. The molecule has 5 heteroatoms. The van der Waals surface area contributed by atoms with Gasteiger partial charge in [0.25, 0.3) is 0 Å². The summed E-state index contributed by atoms with van der Waals surface area (Å²) in [6.07, 6.45) is 1.78. The van der Waals surface area contributed by atoms with Crippen molar-refractivity contribution < 1.29 is 9.53 Å². The maximum atomic E-state index is 12.5. The number of aryl methyl sites for hydroxylation is 1. The van der Waals surface area contributed by atoms with E-state index in [0.29, 0.717) is 17.5 Å². The van der Waals surface area contributed by atoms with E-state index in [1.807, 2.05) is 36.6 Å². The van der Waals surface area contributed by atoms with Crippen LogP contribution in [-0.4, -0.2) is 23.5 Å². The van der Waals surface area contributed by atoms with E-state index in [-0.39, 0.29) is 5.78 Å². The lowest BCUT2D eigenvalue weighted by Gasteiger charge is -2.13. The van der Waals surface area contributed by atoms with Gasteiger partial charge >= 0.3 is 0 Å². The minimum atomic E-state index is -0.858. The summed E-state index contributed by atoms with van der Waals surface area (Å²) >= 11 is 1.35. The normalized spacial score (nSPS) is 16.4. The Hall–Kier alpha value is -2.03. The predicted molar refractivity (Wildman–Crippen MR) is 93.8 cm³/mol. The second-order valence-electron chi connectivity index (χ2n) is 6.32. The molecule has 0 bridgehead atoms. The topological polar surface area (TPSA) is 63.0 Å². The van der Waals surface area contributed by atoms with Gasteiger partial charge in [0.05, 0.1) is 18.4 Å². The van der Waals surface area contributed by atoms with E-state index in [1.165, 1.54) is 29.7 Å². The molecule has 0 amide bonds. The highest BCUT2D eigenvalue weighted by atomic mass is 32.1. The van der Waals surface area contributed by atoms with Gasteiger partial charge in [-0.2, -0.15) is 5.26 Å². The zero-order valence-corrected chi connectivity index (χ0v) is 14.7. The zero-order chi connectivity index (χ0) is 17.1. The summed E-state index contributed by atoms with van der Waals surface area (Å²) in [5.74, 6) is -0.472. The Kier molecular flexibility index (Phi) is 5.08. The summed E-state index contributed by atoms with van der Waals surface area (Å²) in [6, 6.07) is 10.1. The first-order valence-electron chi connectivity index (χ1n) is 8.16. The first kappa shape index (κ1) is 16.8. The van der Waals surface area contributed by atoms with E-state index >= 15 is 0 Å². The molecule has 1 saturated carbocycles. The molecule has 1 aromatic heterocycles. The lowest BCUT2D eigenvalue weighted by molar-refractivity contribution is -0.130. The van der Waals surface area contributed by atoms with Crippen LogP contribution in [0, 0.1) is 24.2 Å². The van der Waals surface area contributed by atoms with Crippen molar-refractivity contribution in [3.63, 3.8) is 0 Å². The van der Waals surface area contributed by atoms with Crippen molar-refractivity contribution in [2.75, 3.05) is 6.61 Å². The molecule has 0 aliphatic heterocycles. The smallest absolute Gasteiger partial charge is 0.185 e. The van der Waals surface area contributed by atoms with Crippen LogP contribution >= 0.6 is 11.3 Å². The van der Waals surface area contributed by atoms with Crippen molar-refractivity contribution in [1.29, 1.82) is 5.26 Å². The van der Waals surface area contributed by atoms with Crippen LogP contribution < -0.4 is 0 Å². The van der Waals surface area contributed by atoms with Gasteiger partial charge in [-0.1, -0.05) is 29.8 Å². The number of ketones is 1. The summed E-state index contributed by atoms with van der Waals surface area (Å²) in [5, 5.41) is 11.9. The van der Waals surface area contributed by atoms with Crippen LogP contribution in [0.3, 0.4) is 0 Å². The van der Waals surface area contributed by atoms with Crippen LogP contribution in [-0.2, 0) is 9.53 Å². The van der Waals surface area contributed by atoms with Gasteiger partial charge in [-0.25, -0.2) is 4.98 Å². The number of hydrogen-bond donors (Lipinski definition) is 0. The van der Waals surface area contributed by atoms with Crippen molar-refractivity contribution in [2.45, 2.75) is 38.7 Å². The van der Waals surface area contributed by atoms with Crippen LogP contribution in [0.2, 0.25) is 0 Å². The number of ether oxygens (including phenoxy) is 1. The quantitative estimate of drug-likeness (QED) is 0.761. The van der Waals surface area contributed by atoms with E-state index in [1.54, 1.807) is 6.92 Å². The first-order valence-corrected chi connectivity index (χ1v) is 9.04. The molecule has 3 rings (SSSR count). The van der Waals surface area contributed by atoms with Gasteiger partial charge in [0.15, 0.2) is 11.7 Å². The number of rotatable bonds is 7. The Morgan fingerprint density at radius 1 is 1.42 bits per heavy atom. The lowest BCUT2D eigenvalue weighted by atomic mass is 10.0. The van der Waals surface area contributed by atoms with E-state index in [2.05, 4.69) is 11.1 Å². The van der Waals surface area contributed by atoms with Crippen LogP contribution in [0.5, 0.6) is 0 Å². The second kappa shape index (κ2) is 7.25. The Balaban J connectivity index is 1.72. The highest BCUT2D eigenvalue weighted by Crippen LogP contribution is 2.31. The third-order valence-corrected chi connectivity index (χ3v) is 5.12. The van der Waals surface area contributed by atoms with Crippen molar-refractivity contribution in [3.05, 3.63) is 40.2 Å². The number of nitrogens with zero attached hydrogens (tertiary/aromatic N) is 2. The SMILES string of the molecule is Cc1ccc(-c2csc([C@@H](C#N)C(=O)[C@H](C)OCC3CC3)n2)cc1. The molecule has 1 aliphatic rings. The van der Waals surface area contributed by atoms with Crippen molar-refractivity contribution in [3.8, 4) is 17.3 Å². The monoisotopic (exact) mass is 340 g/mol. The number of benzene rings is 1. The molecule has 2 atom stereocenters. The molecular formula is C19H20N2O2S. The molecule has 1 aliphatic carbocycles. The fraction of sp³-hybridized carbons (Fsp3) is 0.421. The van der Waals surface area contributed by atoms with E-state index in [0.717, 1.165) is 11.3 Å². The van der Waals surface area contributed by atoms with E-state index in [9.17, 15) is 10.1 Å². The van der Waals surface area contributed by atoms with Crippen LogP contribution in [0.4, 0.5) is 0 Å².